The van der Waals surface area contributed by atoms with Gasteiger partial charge in [-0.1, -0.05) is 0 Å². The second-order valence-electron chi connectivity index (χ2n) is 6.21. The molecule has 0 saturated carbocycles. The summed E-state index contributed by atoms with van der Waals surface area (Å²) in [5.74, 6) is 0.946. The third kappa shape index (κ3) is 3.94. The minimum absolute atomic E-state index is 0.0911. The van der Waals surface area contributed by atoms with E-state index in [4.69, 9.17) is 4.74 Å². The Kier molecular flexibility index (Phi) is 4.98. The van der Waals surface area contributed by atoms with E-state index in [0.29, 0.717) is 0 Å². The summed E-state index contributed by atoms with van der Waals surface area (Å²) >= 11 is 0. The molecule has 3 nitrogen and oxygen atoms in total. The number of methoxy groups -OCH3 is 1. The topological polar surface area (TPSA) is 38.3 Å². The molecule has 0 spiro atoms. The summed E-state index contributed by atoms with van der Waals surface area (Å²) in [5, 5.41) is 3.08. The number of rotatable bonds is 4. The number of aryl methyl sites for hydroxylation is 2. The quantitative estimate of drug-likeness (QED) is 0.861. The number of benzene rings is 1. The van der Waals surface area contributed by atoms with Gasteiger partial charge in [0.15, 0.2) is 0 Å². The summed E-state index contributed by atoms with van der Waals surface area (Å²) in [6.45, 7) is 12.6. The summed E-state index contributed by atoms with van der Waals surface area (Å²) in [5.41, 5.74) is 3.07. The van der Waals surface area contributed by atoms with Crippen LogP contribution in [0, 0.1) is 13.8 Å². The molecule has 0 aromatic heterocycles. The van der Waals surface area contributed by atoms with E-state index >= 15 is 0 Å². The number of carbonyl (C=O) groups is 1. The molecule has 0 fully saturated rings. The van der Waals surface area contributed by atoms with Gasteiger partial charge in [-0.2, -0.15) is 0 Å². The molecule has 1 unspecified atom stereocenters. The summed E-state index contributed by atoms with van der Waals surface area (Å²) < 4.78 is 5.23. The van der Waals surface area contributed by atoms with Gasteiger partial charge in [-0.15, -0.1) is 0 Å². The van der Waals surface area contributed by atoms with Gasteiger partial charge in [-0.25, -0.2) is 0 Å². The van der Waals surface area contributed by atoms with E-state index in [2.05, 4.69) is 25.3 Å². The first-order chi connectivity index (χ1) is 8.66. The summed E-state index contributed by atoms with van der Waals surface area (Å²) in [6.07, 6.45) is 0. The predicted octanol–water partition coefficient (Wildman–Crippen LogP) is 3.28. The fourth-order valence-electron chi connectivity index (χ4n) is 1.86. The van der Waals surface area contributed by atoms with Crippen LogP contribution in [0.15, 0.2) is 12.1 Å². The van der Waals surface area contributed by atoms with Crippen molar-refractivity contribution in [3.8, 4) is 5.75 Å². The maximum atomic E-state index is 12.3. The van der Waals surface area contributed by atoms with Crippen LogP contribution in [-0.2, 0) is 4.79 Å². The van der Waals surface area contributed by atoms with Gasteiger partial charge in [0.25, 0.3) is 0 Å². The number of anilines is 1. The zero-order valence-corrected chi connectivity index (χ0v) is 14.0. The molecule has 1 N–H and O–H groups in total. The second-order valence-corrected chi connectivity index (χ2v) is 11.8. The first kappa shape index (κ1) is 16.0. The Morgan fingerprint density at radius 3 is 2.05 bits per heavy atom. The number of hydrogen-bond acceptors (Lipinski definition) is 2. The molecule has 0 heterocycles. The molecule has 1 aromatic rings. The standard InChI is InChI=1S/C15H26NO2P/c1-10-8-13(18-4)9-11(2)14(10)16-15(17)12(3)19(5,6)7/h8-9,12,19H,1-7H3,(H,16,17). The van der Waals surface area contributed by atoms with Crippen molar-refractivity contribution in [3.05, 3.63) is 23.3 Å². The number of ether oxygens (including phenoxy) is 1. The van der Waals surface area contributed by atoms with Crippen molar-refractivity contribution in [2.45, 2.75) is 26.4 Å². The van der Waals surface area contributed by atoms with Crippen molar-refractivity contribution in [3.63, 3.8) is 0 Å². The van der Waals surface area contributed by atoms with E-state index in [1.54, 1.807) is 7.11 Å². The molecule has 0 aliphatic rings. The second kappa shape index (κ2) is 5.92. The van der Waals surface area contributed by atoms with Crippen molar-refractivity contribution >= 4 is 18.9 Å². The Hall–Kier alpha value is -1.08. The number of nitrogens with one attached hydrogen (secondary N) is 1. The van der Waals surface area contributed by atoms with Crippen LogP contribution in [-0.4, -0.2) is 38.7 Å². The molecule has 0 aliphatic carbocycles. The predicted molar refractivity (Wildman–Crippen MR) is 86.6 cm³/mol. The first-order valence-corrected chi connectivity index (χ1v) is 10.2. The average Bonchev–Trinajstić information content (AvgIpc) is 2.30. The average molecular weight is 283 g/mol. The summed E-state index contributed by atoms with van der Waals surface area (Å²) in [6, 6.07) is 3.89. The molecule has 0 saturated heterocycles. The monoisotopic (exact) mass is 283 g/mol. The Morgan fingerprint density at radius 2 is 1.68 bits per heavy atom. The molecule has 0 bridgehead atoms. The van der Waals surface area contributed by atoms with E-state index in [-0.39, 0.29) is 11.6 Å². The molecule has 1 rings (SSSR count). The Morgan fingerprint density at radius 1 is 1.21 bits per heavy atom. The number of hydrogen-bond donors (Lipinski definition) is 1. The SMILES string of the molecule is COc1cc(C)c(NC(=O)C(C)[PH](C)(C)C)c(C)c1. The Balaban J connectivity index is 2.98. The van der Waals surface area contributed by atoms with E-state index in [9.17, 15) is 4.79 Å². The van der Waals surface area contributed by atoms with Crippen molar-refractivity contribution in [1.82, 2.24) is 0 Å². The van der Waals surface area contributed by atoms with Crippen LogP contribution in [0.4, 0.5) is 5.69 Å². The summed E-state index contributed by atoms with van der Waals surface area (Å²) in [4.78, 5) is 12.3. The van der Waals surface area contributed by atoms with Crippen molar-refractivity contribution < 1.29 is 9.53 Å². The van der Waals surface area contributed by atoms with Gasteiger partial charge in [0.2, 0.25) is 0 Å². The van der Waals surface area contributed by atoms with Crippen LogP contribution in [0.5, 0.6) is 5.75 Å². The molecule has 1 atom stereocenters. The molecular weight excluding hydrogens is 257 g/mol. The van der Waals surface area contributed by atoms with Crippen LogP contribution >= 0.6 is 7.26 Å². The van der Waals surface area contributed by atoms with E-state index in [1.165, 1.54) is 0 Å². The van der Waals surface area contributed by atoms with E-state index in [0.717, 1.165) is 22.6 Å². The van der Waals surface area contributed by atoms with Gasteiger partial charge in [0.1, 0.15) is 0 Å². The molecule has 19 heavy (non-hydrogen) atoms. The van der Waals surface area contributed by atoms with Crippen LogP contribution < -0.4 is 10.1 Å². The van der Waals surface area contributed by atoms with Crippen LogP contribution in [0.1, 0.15) is 18.1 Å². The number of carbonyl (C=O) groups excluding carboxylic acids is 1. The van der Waals surface area contributed by atoms with Gasteiger partial charge in [-0.3, -0.25) is 0 Å². The van der Waals surface area contributed by atoms with Gasteiger partial charge in [0, 0.05) is 0 Å². The Bertz CT molecular complexity index is 455. The molecule has 0 aliphatic heterocycles. The fraction of sp³-hybridized carbons (Fsp3) is 0.533. The molecular formula is C15H26NO2P. The van der Waals surface area contributed by atoms with Gasteiger partial charge >= 0.3 is 116 Å². The maximum absolute atomic E-state index is 12.3. The number of amides is 1. The van der Waals surface area contributed by atoms with Crippen molar-refractivity contribution in [2.24, 2.45) is 0 Å². The van der Waals surface area contributed by atoms with Gasteiger partial charge in [-0.05, 0) is 0 Å². The van der Waals surface area contributed by atoms with Crippen molar-refractivity contribution in [2.75, 3.05) is 32.4 Å². The third-order valence-corrected chi connectivity index (χ3v) is 6.54. The third-order valence-electron chi connectivity index (χ3n) is 3.68. The molecule has 1 aromatic carbocycles. The van der Waals surface area contributed by atoms with Gasteiger partial charge in [0.05, 0.1) is 0 Å². The van der Waals surface area contributed by atoms with Crippen LogP contribution in [0.3, 0.4) is 0 Å². The zero-order chi connectivity index (χ0) is 14.8. The zero-order valence-electron chi connectivity index (χ0n) is 13.0. The minimum atomic E-state index is -1.47. The Labute approximate surface area is 117 Å². The first-order valence-electron chi connectivity index (χ1n) is 6.63. The van der Waals surface area contributed by atoms with Crippen molar-refractivity contribution in [1.29, 1.82) is 0 Å². The van der Waals surface area contributed by atoms with E-state index in [1.807, 2.05) is 32.9 Å². The summed E-state index contributed by atoms with van der Waals surface area (Å²) in [7, 11) is 0.186. The van der Waals surface area contributed by atoms with Crippen LogP contribution in [0.2, 0.25) is 0 Å². The molecule has 4 heteroatoms. The van der Waals surface area contributed by atoms with Crippen LogP contribution in [0.25, 0.3) is 0 Å². The molecule has 0 radical (unpaired) electrons. The van der Waals surface area contributed by atoms with E-state index < -0.39 is 7.26 Å². The van der Waals surface area contributed by atoms with Gasteiger partial charge < -0.3 is 0 Å². The molecule has 1 amide bonds. The molecule has 108 valence electrons. The normalized spacial score (nSPS) is 13.8. The fourth-order valence-corrected chi connectivity index (χ4v) is 2.72.